The maximum Gasteiger partial charge on any atom is 0.265 e. The third-order valence-electron chi connectivity index (χ3n) is 4.08. The number of rotatable bonds is 4. The smallest absolute Gasteiger partial charge is 0.265 e. The minimum atomic E-state index is -0.0837. The molecule has 2 aromatic carbocycles. The van der Waals surface area contributed by atoms with Gasteiger partial charge >= 0.3 is 0 Å². The molecule has 0 fully saturated rings. The fourth-order valence-corrected chi connectivity index (χ4v) is 2.85. The van der Waals surface area contributed by atoms with E-state index in [1.807, 2.05) is 49.4 Å². The van der Waals surface area contributed by atoms with Gasteiger partial charge < -0.3 is 15.4 Å². The minimum absolute atomic E-state index is 0.0383. The van der Waals surface area contributed by atoms with Crippen LogP contribution in [0.5, 0.6) is 5.75 Å². The Labute approximate surface area is 140 Å². The number of fused-ring (bicyclic) bond motifs is 1. The molecule has 0 radical (unpaired) electrons. The number of halogens is 1. The Hall–Kier alpha value is -2.04. The van der Waals surface area contributed by atoms with E-state index in [0.29, 0.717) is 17.3 Å². The van der Waals surface area contributed by atoms with Crippen molar-refractivity contribution in [3.05, 3.63) is 58.6 Å². The lowest BCUT2D eigenvalue weighted by atomic mass is 10.0. The van der Waals surface area contributed by atoms with Crippen LogP contribution in [0, 0.1) is 0 Å². The maximum atomic E-state index is 12.3. The zero-order chi connectivity index (χ0) is 16.4. The Morgan fingerprint density at radius 2 is 2.09 bits per heavy atom. The van der Waals surface area contributed by atoms with Crippen LogP contribution in [-0.2, 0) is 11.3 Å². The van der Waals surface area contributed by atoms with Gasteiger partial charge in [-0.05, 0) is 35.7 Å². The number of nitrogens with two attached hydrogens (primary N) is 1. The molecule has 120 valence electrons. The van der Waals surface area contributed by atoms with E-state index in [4.69, 9.17) is 22.1 Å². The molecule has 5 heteroatoms. The van der Waals surface area contributed by atoms with Gasteiger partial charge in [0, 0.05) is 11.1 Å². The number of hydrogen-bond donors (Lipinski definition) is 1. The summed E-state index contributed by atoms with van der Waals surface area (Å²) in [5.41, 5.74) is 8.77. The Morgan fingerprint density at radius 3 is 2.83 bits per heavy atom. The largest absolute Gasteiger partial charge is 0.482 e. The molecular weight excluding hydrogens is 312 g/mol. The topological polar surface area (TPSA) is 55.6 Å². The average Bonchev–Trinajstić information content (AvgIpc) is 2.58. The molecule has 2 N–H and O–H groups in total. The Bertz CT molecular complexity index is 733. The van der Waals surface area contributed by atoms with E-state index in [1.165, 1.54) is 0 Å². The minimum Gasteiger partial charge on any atom is -0.482 e. The number of nitrogens with zero attached hydrogens (tertiary/aromatic N) is 1. The van der Waals surface area contributed by atoms with Crippen LogP contribution in [0.2, 0.25) is 5.02 Å². The second-order valence-corrected chi connectivity index (χ2v) is 6.01. The number of carbonyl (C=O) groups is 1. The van der Waals surface area contributed by atoms with Crippen molar-refractivity contribution in [3.8, 4) is 5.75 Å². The fraction of sp³-hybridized carbons (Fsp3) is 0.278. The molecule has 1 aliphatic heterocycles. The Balaban J connectivity index is 1.98. The third-order valence-corrected chi connectivity index (χ3v) is 4.45. The van der Waals surface area contributed by atoms with Crippen molar-refractivity contribution in [1.82, 2.24) is 0 Å². The van der Waals surface area contributed by atoms with Gasteiger partial charge in [-0.3, -0.25) is 4.79 Å². The summed E-state index contributed by atoms with van der Waals surface area (Å²) < 4.78 is 5.54. The van der Waals surface area contributed by atoms with Gasteiger partial charge in [0.25, 0.3) is 5.91 Å². The Kier molecular flexibility index (Phi) is 4.55. The number of benzene rings is 2. The van der Waals surface area contributed by atoms with Crippen molar-refractivity contribution in [2.75, 3.05) is 11.5 Å². The average molecular weight is 331 g/mol. The van der Waals surface area contributed by atoms with Gasteiger partial charge in [0.15, 0.2) is 6.61 Å². The lowest BCUT2D eigenvalue weighted by Crippen LogP contribution is -2.38. The van der Waals surface area contributed by atoms with Gasteiger partial charge in [-0.15, -0.1) is 0 Å². The summed E-state index contributed by atoms with van der Waals surface area (Å²) in [6.45, 7) is 2.49. The molecule has 1 amide bonds. The van der Waals surface area contributed by atoms with Crippen molar-refractivity contribution in [3.63, 3.8) is 0 Å². The summed E-state index contributed by atoms with van der Waals surface area (Å²) in [6.07, 6.45) is 0.831. The van der Waals surface area contributed by atoms with Gasteiger partial charge in [0.1, 0.15) is 5.75 Å². The van der Waals surface area contributed by atoms with Gasteiger partial charge in [-0.2, -0.15) is 0 Å². The molecular formula is C18H19ClN2O2. The first-order valence-corrected chi connectivity index (χ1v) is 8.04. The summed E-state index contributed by atoms with van der Waals surface area (Å²) >= 11 is 6.23. The SMILES string of the molecule is CCC(N)c1ccc2c(c1)N(Cc1ccccc1Cl)C(=O)CO2. The molecule has 0 aliphatic carbocycles. The molecule has 0 aromatic heterocycles. The van der Waals surface area contributed by atoms with Crippen LogP contribution in [0.4, 0.5) is 5.69 Å². The van der Waals surface area contributed by atoms with Crippen LogP contribution in [0.25, 0.3) is 0 Å². The summed E-state index contributed by atoms with van der Waals surface area (Å²) in [4.78, 5) is 14.1. The van der Waals surface area contributed by atoms with E-state index in [9.17, 15) is 4.79 Å². The molecule has 0 saturated carbocycles. The molecule has 23 heavy (non-hydrogen) atoms. The van der Waals surface area contributed by atoms with E-state index < -0.39 is 0 Å². The second kappa shape index (κ2) is 6.60. The van der Waals surface area contributed by atoms with Crippen molar-refractivity contribution in [2.45, 2.75) is 25.9 Å². The molecule has 0 spiro atoms. The van der Waals surface area contributed by atoms with Crippen LogP contribution in [0.3, 0.4) is 0 Å². The van der Waals surface area contributed by atoms with E-state index in [1.54, 1.807) is 4.90 Å². The first kappa shape index (κ1) is 15.8. The van der Waals surface area contributed by atoms with Crippen LogP contribution in [-0.4, -0.2) is 12.5 Å². The van der Waals surface area contributed by atoms with Crippen molar-refractivity contribution < 1.29 is 9.53 Å². The summed E-state index contributed by atoms with van der Waals surface area (Å²) in [5.74, 6) is 0.614. The summed E-state index contributed by atoms with van der Waals surface area (Å²) in [5, 5.41) is 0.648. The normalized spacial score (nSPS) is 15.1. The van der Waals surface area contributed by atoms with Gasteiger partial charge in [-0.1, -0.05) is 42.8 Å². The lowest BCUT2D eigenvalue weighted by molar-refractivity contribution is -0.121. The van der Waals surface area contributed by atoms with Crippen molar-refractivity contribution in [1.29, 1.82) is 0 Å². The van der Waals surface area contributed by atoms with E-state index in [0.717, 1.165) is 23.2 Å². The summed E-state index contributed by atoms with van der Waals surface area (Å²) in [7, 11) is 0. The Morgan fingerprint density at radius 1 is 1.30 bits per heavy atom. The highest BCUT2D eigenvalue weighted by atomic mass is 35.5. The molecule has 1 heterocycles. The van der Waals surface area contributed by atoms with E-state index in [2.05, 4.69) is 0 Å². The number of anilines is 1. The molecule has 3 rings (SSSR count). The quantitative estimate of drug-likeness (QED) is 0.930. The van der Waals surface area contributed by atoms with Crippen LogP contribution in [0.1, 0.15) is 30.5 Å². The van der Waals surface area contributed by atoms with Crippen LogP contribution >= 0.6 is 11.6 Å². The first-order valence-electron chi connectivity index (χ1n) is 7.66. The van der Waals surface area contributed by atoms with E-state index in [-0.39, 0.29) is 18.6 Å². The van der Waals surface area contributed by atoms with Crippen molar-refractivity contribution >= 4 is 23.2 Å². The number of hydrogen-bond acceptors (Lipinski definition) is 3. The zero-order valence-corrected chi connectivity index (χ0v) is 13.7. The molecule has 0 saturated heterocycles. The molecule has 4 nitrogen and oxygen atoms in total. The van der Waals surface area contributed by atoms with Crippen LogP contribution in [0.15, 0.2) is 42.5 Å². The number of carbonyl (C=O) groups excluding carboxylic acids is 1. The maximum absolute atomic E-state index is 12.3. The highest BCUT2D eigenvalue weighted by Crippen LogP contribution is 2.36. The van der Waals surface area contributed by atoms with Crippen LogP contribution < -0.4 is 15.4 Å². The van der Waals surface area contributed by atoms with Gasteiger partial charge in [0.05, 0.1) is 12.2 Å². The monoisotopic (exact) mass is 330 g/mol. The highest BCUT2D eigenvalue weighted by Gasteiger charge is 2.26. The predicted octanol–water partition coefficient (Wildman–Crippen LogP) is 3.68. The molecule has 1 atom stereocenters. The molecule has 2 aromatic rings. The van der Waals surface area contributed by atoms with Gasteiger partial charge in [0.2, 0.25) is 0 Å². The third kappa shape index (κ3) is 3.19. The highest BCUT2D eigenvalue weighted by molar-refractivity contribution is 6.31. The second-order valence-electron chi connectivity index (χ2n) is 5.60. The zero-order valence-electron chi connectivity index (χ0n) is 13.0. The van der Waals surface area contributed by atoms with E-state index >= 15 is 0 Å². The lowest BCUT2D eigenvalue weighted by Gasteiger charge is -2.30. The standard InChI is InChI=1S/C18H19ClN2O2/c1-2-15(20)12-7-8-17-16(9-12)21(18(22)11-23-17)10-13-5-3-4-6-14(13)19/h3-9,15H,2,10-11,20H2,1H3. The van der Waals surface area contributed by atoms with Crippen molar-refractivity contribution in [2.24, 2.45) is 5.73 Å². The number of ether oxygens (including phenoxy) is 1. The fourth-order valence-electron chi connectivity index (χ4n) is 2.66. The summed E-state index contributed by atoms with van der Waals surface area (Å²) in [6, 6.07) is 13.3. The molecule has 1 unspecified atom stereocenters. The van der Waals surface area contributed by atoms with Gasteiger partial charge in [-0.25, -0.2) is 0 Å². The number of amides is 1. The molecule has 1 aliphatic rings. The predicted molar refractivity (Wildman–Crippen MR) is 91.8 cm³/mol. The molecule has 0 bridgehead atoms. The first-order chi connectivity index (χ1) is 11.1.